The molecule has 0 aromatic rings. The van der Waals surface area contributed by atoms with E-state index in [1.165, 1.54) is 14.2 Å². The average Bonchev–Trinajstić information content (AvgIpc) is 2.12. The molecule has 0 amide bonds. The van der Waals surface area contributed by atoms with Crippen molar-refractivity contribution in [3.63, 3.8) is 0 Å². The molecule has 16 heavy (non-hydrogen) atoms. The fraction of sp³-hybridized carbons (Fsp3) is 0.900. The number of hydrogen-bond donors (Lipinski definition) is 1. The van der Waals surface area contributed by atoms with E-state index in [4.69, 9.17) is 15.0 Å². The van der Waals surface area contributed by atoms with E-state index < -0.39 is 20.0 Å². The number of hydrogen-bond acceptors (Lipinski definition) is 3. The molecule has 0 spiro atoms. The van der Waals surface area contributed by atoms with Crippen LogP contribution in [0.5, 0.6) is 0 Å². The van der Waals surface area contributed by atoms with Crippen molar-refractivity contribution in [3.05, 3.63) is 5.53 Å². The zero-order chi connectivity index (χ0) is 13.0. The van der Waals surface area contributed by atoms with Gasteiger partial charge >= 0.3 is 0 Å². The summed E-state index contributed by atoms with van der Waals surface area (Å²) in [6.45, 7) is 7.63. The molecule has 94 valence electrons. The molecule has 0 radical (unpaired) electrons. The Labute approximate surface area is 98.0 Å². The molecule has 0 aromatic carbocycles. The zero-order valence-electron chi connectivity index (χ0n) is 10.9. The lowest BCUT2D eigenvalue weighted by Crippen LogP contribution is -2.52. The highest BCUT2D eigenvalue weighted by Gasteiger charge is 2.46. The molecule has 1 unspecified atom stereocenters. The van der Waals surface area contributed by atoms with Crippen molar-refractivity contribution in [2.75, 3.05) is 14.2 Å². The van der Waals surface area contributed by atoms with Gasteiger partial charge in [0.2, 0.25) is 0 Å². The number of nitrogens with zero attached hydrogens (tertiary/aromatic N) is 2. The highest BCUT2D eigenvalue weighted by atomic mass is 28.3. The summed E-state index contributed by atoms with van der Waals surface area (Å²) in [6, 6.07) is 0. The van der Waals surface area contributed by atoms with Crippen molar-refractivity contribution < 1.29 is 19.4 Å². The van der Waals surface area contributed by atoms with E-state index in [1.807, 2.05) is 19.6 Å². The smallest absolute Gasteiger partial charge is 0.267 e. The van der Waals surface area contributed by atoms with Crippen molar-refractivity contribution in [1.82, 2.24) is 0 Å². The number of ether oxygens (including phenoxy) is 2. The lowest BCUT2D eigenvalue weighted by atomic mass is 10.0. The van der Waals surface area contributed by atoms with Crippen molar-refractivity contribution >= 4 is 13.4 Å². The summed E-state index contributed by atoms with van der Waals surface area (Å²) in [6.07, 6.45) is -0.271. The molecule has 0 fully saturated rings. The fourth-order valence-electron chi connectivity index (χ4n) is 1.75. The van der Waals surface area contributed by atoms with Gasteiger partial charge in [-0.1, -0.05) is 19.6 Å². The summed E-state index contributed by atoms with van der Waals surface area (Å²) in [5, 5.41) is 10.8. The number of rotatable bonds is 6. The second kappa shape index (κ2) is 5.70. The molecule has 0 aliphatic heterocycles. The molecular weight excluding hydrogens is 224 g/mol. The Kier molecular flexibility index (Phi) is 5.51. The predicted molar refractivity (Wildman–Crippen MR) is 65.0 cm³/mol. The first-order valence-corrected chi connectivity index (χ1v) is 8.70. The molecule has 0 saturated heterocycles. The minimum Gasteiger partial charge on any atom is -0.379 e. The molecule has 0 bridgehead atoms. The van der Waals surface area contributed by atoms with E-state index in [1.54, 1.807) is 6.92 Å². The Morgan fingerprint density at radius 1 is 1.38 bits per heavy atom. The van der Waals surface area contributed by atoms with Gasteiger partial charge in [-0.05, 0) is 6.92 Å². The third-order valence-corrected chi connectivity index (χ3v) is 4.47. The Morgan fingerprint density at radius 2 is 1.81 bits per heavy atom. The summed E-state index contributed by atoms with van der Waals surface area (Å²) in [4.78, 5) is 3.27. The van der Waals surface area contributed by atoms with Crippen LogP contribution in [-0.2, 0) is 9.47 Å². The van der Waals surface area contributed by atoms with Crippen LogP contribution in [0.1, 0.15) is 13.3 Å². The molecule has 0 aromatic heterocycles. The van der Waals surface area contributed by atoms with Crippen molar-refractivity contribution in [3.8, 4) is 0 Å². The normalized spacial score (nSPS) is 15.8. The minimum absolute atomic E-state index is 0.240. The fourth-order valence-corrected chi connectivity index (χ4v) is 3.77. The lowest BCUT2D eigenvalue weighted by Gasteiger charge is -2.27. The van der Waals surface area contributed by atoms with Gasteiger partial charge in [-0.3, -0.25) is 0 Å². The van der Waals surface area contributed by atoms with Gasteiger partial charge in [0.25, 0.3) is 5.33 Å². The Bertz CT molecular complexity index is 276. The largest absolute Gasteiger partial charge is 0.379 e. The highest BCUT2D eigenvalue weighted by molar-refractivity contribution is 7.04. The minimum atomic E-state index is -1.88. The third kappa shape index (κ3) is 4.15. The SMILES string of the molecule is COC(CC(C)(O)C(=[N+]=[N-])[Si](C)(C)C)OC. The topological polar surface area (TPSA) is 75.1 Å². The quantitative estimate of drug-likeness (QED) is 0.252. The predicted octanol–water partition coefficient (Wildman–Crippen LogP) is 1.29. The van der Waals surface area contributed by atoms with E-state index in [9.17, 15) is 5.11 Å². The second-order valence-electron chi connectivity index (χ2n) is 5.08. The monoisotopic (exact) mass is 246 g/mol. The first-order valence-electron chi connectivity index (χ1n) is 5.20. The molecule has 0 aliphatic carbocycles. The van der Waals surface area contributed by atoms with Crippen LogP contribution >= 0.6 is 0 Å². The van der Waals surface area contributed by atoms with Crippen LogP contribution in [0.3, 0.4) is 0 Å². The van der Waals surface area contributed by atoms with Crippen LogP contribution in [0.15, 0.2) is 0 Å². The van der Waals surface area contributed by atoms with Gasteiger partial charge < -0.3 is 20.1 Å². The van der Waals surface area contributed by atoms with Crippen LogP contribution in [0.25, 0.3) is 5.53 Å². The number of aliphatic hydroxyl groups is 1. The van der Waals surface area contributed by atoms with Gasteiger partial charge in [0.15, 0.2) is 20.0 Å². The molecule has 1 atom stereocenters. The van der Waals surface area contributed by atoms with Gasteiger partial charge in [-0.15, -0.1) is 0 Å². The van der Waals surface area contributed by atoms with Crippen molar-refractivity contribution in [2.45, 2.75) is 44.9 Å². The summed E-state index contributed by atoms with van der Waals surface area (Å²) in [7, 11) is 1.14. The maximum Gasteiger partial charge on any atom is 0.267 e. The van der Waals surface area contributed by atoms with Crippen molar-refractivity contribution in [1.29, 1.82) is 0 Å². The summed E-state index contributed by atoms with van der Waals surface area (Å²) in [5.41, 5.74) is 7.82. The first kappa shape index (κ1) is 15.5. The molecule has 0 saturated carbocycles. The van der Waals surface area contributed by atoms with Crippen molar-refractivity contribution in [2.24, 2.45) is 0 Å². The van der Waals surface area contributed by atoms with E-state index >= 15 is 0 Å². The van der Waals surface area contributed by atoms with Crippen LogP contribution in [0.4, 0.5) is 0 Å². The zero-order valence-corrected chi connectivity index (χ0v) is 11.9. The summed E-state index contributed by atoms with van der Waals surface area (Å²) in [5.74, 6) is 0. The first-order chi connectivity index (χ1) is 7.19. The molecule has 0 rings (SSSR count). The average molecular weight is 246 g/mol. The molecule has 5 nitrogen and oxygen atoms in total. The Morgan fingerprint density at radius 3 is 2.06 bits per heavy atom. The van der Waals surface area contributed by atoms with Crippen LogP contribution < -0.4 is 0 Å². The summed E-state index contributed by atoms with van der Waals surface area (Å²) < 4.78 is 10.1. The van der Waals surface area contributed by atoms with E-state index in [0.717, 1.165) is 0 Å². The van der Waals surface area contributed by atoms with Crippen LogP contribution in [-0.4, -0.2) is 49.4 Å². The number of methoxy groups -OCH3 is 2. The summed E-state index contributed by atoms with van der Waals surface area (Å²) >= 11 is 0. The molecular formula is C10H22N2O3Si. The third-order valence-electron chi connectivity index (χ3n) is 2.41. The van der Waals surface area contributed by atoms with E-state index in [0.29, 0.717) is 5.33 Å². The highest BCUT2D eigenvalue weighted by Crippen LogP contribution is 2.21. The molecule has 1 N–H and O–H groups in total. The lowest BCUT2D eigenvalue weighted by molar-refractivity contribution is -0.134. The van der Waals surface area contributed by atoms with Crippen LogP contribution in [0, 0.1) is 0 Å². The Balaban J connectivity index is 4.97. The maximum atomic E-state index is 10.3. The standard InChI is InChI=1S/C10H22N2O3Si/c1-10(13,7-8(14-2)15-3)9(12-11)16(4,5)6/h8,13H,7H2,1-6H3. The van der Waals surface area contributed by atoms with Gasteiger partial charge in [0.05, 0.1) is 0 Å². The Hall–Kier alpha value is -0.523. The maximum absolute atomic E-state index is 10.3. The molecule has 6 heteroatoms. The molecule has 0 aliphatic rings. The molecule has 0 heterocycles. The van der Waals surface area contributed by atoms with Gasteiger partial charge in [-0.25, -0.2) is 0 Å². The van der Waals surface area contributed by atoms with Crippen LogP contribution in [0.2, 0.25) is 19.6 Å². The van der Waals surface area contributed by atoms with E-state index in [-0.39, 0.29) is 6.42 Å². The van der Waals surface area contributed by atoms with E-state index in [2.05, 4.69) is 4.79 Å². The van der Waals surface area contributed by atoms with Gasteiger partial charge in [0, 0.05) is 20.6 Å². The second-order valence-corrected chi connectivity index (χ2v) is 10.1. The van der Waals surface area contributed by atoms with Gasteiger partial charge in [-0.2, -0.15) is 4.79 Å². The van der Waals surface area contributed by atoms with Gasteiger partial charge in [0.1, 0.15) is 0 Å².